The van der Waals surface area contributed by atoms with Crippen LogP contribution < -0.4 is 10.1 Å². The molecule has 0 spiro atoms. The number of carbonyl (C=O) groups is 2. The second kappa shape index (κ2) is 12.7. The molecule has 208 valence electrons. The first kappa shape index (κ1) is 31.2. The highest BCUT2D eigenvalue weighted by Gasteiger charge is 2.49. The van der Waals surface area contributed by atoms with Crippen molar-refractivity contribution in [3.8, 4) is 5.75 Å². The normalized spacial score (nSPS) is 17.3. The number of carboxylic acid groups (broad SMARTS) is 1. The van der Waals surface area contributed by atoms with Crippen molar-refractivity contribution in [1.29, 1.82) is 0 Å². The van der Waals surface area contributed by atoms with Crippen molar-refractivity contribution in [2.75, 3.05) is 7.05 Å². The highest BCUT2D eigenvalue weighted by molar-refractivity contribution is 6.32. The van der Waals surface area contributed by atoms with Crippen molar-refractivity contribution in [2.24, 2.45) is 11.0 Å². The topological polar surface area (TPSA) is 91.2 Å². The number of halogens is 5. The van der Waals surface area contributed by atoms with Crippen LogP contribution in [0.1, 0.15) is 39.2 Å². The Morgan fingerprint density at radius 3 is 2.42 bits per heavy atom. The number of alkyl halides is 4. The highest BCUT2D eigenvalue weighted by atomic mass is 35.5. The fraction of sp³-hybridized carbons (Fsp3) is 0.423. The van der Waals surface area contributed by atoms with Crippen LogP contribution in [0, 0.1) is 5.92 Å². The van der Waals surface area contributed by atoms with Crippen LogP contribution >= 0.6 is 23.2 Å². The minimum Gasteiger partial charge on any atom is -0.478 e. The predicted molar refractivity (Wildman–Crippen MR) is 141 cm³/mol. The van der Waals surface area contributed by atoms with Crippen LogP contribution in [-0.4, -0.2) is 52.7 Å². The first-order valence-electron chi connectivity index (χ1n) is 11.6. The molecule has 7 nitrogen and oxygen atoms in total. The van der Waals surface area contributed by atoms with E-state index in [0.717, 1.165) is 11.9 Å². The average molecular weight is 576 g/mol. The van der Waals surface area contributed by atoms with E-state index in [1.807, 2.05) is 0 Å². The van der Waals surface area contributed by atoms with Crippen molar-refractivity contribution in [2.45, 2.75) is 57.4 Å². The van der Waals surface area contributed by atoms with E-state index in [9.17, 15) is 22.8 Å². The molecular formula is C26H30Cl2F3N3O4. The number of carboxylic acids is 1. The third kappa shape index (κ3) is 8.01. The number of rotatable bonds is 12. The molecule has 0 heterocycles. The molecule has 1 aromatic carbocycles. The van der Waals surface area contributed by atoms with Gasteiger partial charge in [0.2, 0.25) is 5.91 Å². The SMILES string of the molecule is C=C/C(=C\C=C(/C)C(=O)O)C1(NC(=O)C(C)/C(=N\N(C)C(C)Oc2ccc(CCl)c(Cl)c2)C(F)(F)F)CC1. The predicted octanol–water partition coefficient (Wildman–Crippen LogP) is 6.08. The van der Waals surface area contributed by atoms with Gasteiger partial charge in [-0.2, -0.15) is 18.3 Å². The molecule has 2 atom stereocenters. The third-order valence-corrected chi connectivity index (χ3v) is 6.74. The molecule has 2 N–H and O–H groups in total. The Balaban J connectivity index is 2.23. The summed E-state index contributed by atoms with van der Waals surface area (Å²) < 4.78 is 47.6. The van der Waals surface area contributed by atoms with E-state index in [4.69, 9.17) is 33.0 Å². The van der Waals surface area contributed by atoms with Crippen molar-refractivity contribution >= 4 is 40.8 Å². The summed E-state index contributed by atoms with van der Waals surface area (Å²) >= 11 is 11.9. The molecule has 2 unspecified atom stereocenters. The maximum Gasteiger partial charge on any atom is 0.431 e. The van der Waals surface area contributed by atoms with Crippen molar-refractivity contribution in [3.63, 3.8) is 0 Å². The molecule has 38 heavy (non-hydrogen) atoms. The van der Waals surface area contributed by atoms with E-state index in [-0.39, 0.29) is 11.5 Å². The van der Waals surface area contributed by atoms with Crippen LogP contribution in [0.4, 0.5) is 13.2 Å². The Bertz CT molecular complexity index is 1160. The summed E-state index contributed by atoms with van der Waals surface area (Å²) in [7, 11) is 1.30. The molecule has 0 bridgehead atoms. The van der Waals surface area contributed by atoms with Gasteiger partial charge in [-0.15, -0.1) is 11.6 Å². The average Bonchev–Trinajstić information content (AvgIpc) is 3.61. The number of aliphatic carboxylic acids is 1. The van der Waals surface area contributed by atoms with E-state index in [1.165, 1.54) is 45.2 Å². The quantitative estimate of drug-likeness (QED) is 0.0786. The van der Waals surface area contributed by atoms with E-state index in [0.29, 0.717) is 34.8 Å². The fourth-order valence-corrected chi connectivity index (χ4v) is 3.95. The molecule has 1 aliphatic rings. The summed E-state index contributed by atoms with van der Waals surface area (Å²) in [5, 5.41) is 16.7. The molecule has 0 radical (unpaired) electrons. The molecule has 1 fully saturated rings. The summed E-state index contributed by atoms with van der Waals surface area (Å²) in [6, 6.07) is 4.74. The Hall–Kier alpha value is -2.98. The zero-order chi connectivity index (χ0) is 28.8. The van der Waals surface area contributed by atoms with Crippen molar-refractivity contribution < 1.29 is 32.6 Å². The van der Waals surface area contributed by atoms with Gasteiger partial charge in [0.1, 0.15) is 5.75 Å². The van der Waals surface area contributed by atoms with Gasteiger partial charge in [0.05, 0.1) is 11.5 Å². The maximum absolute atomic E-state index is 14.0. The lowest BCUT2D eigenvalue weighted by molar-refractivity contribution is -0.132. The van der Waals surface area contributed by atoms with Gasteiger partial charge >= 0.3 is 12.1 Å². The number of allylic oxidation sites excluding steroid dienone is 2. The lowest BCUT2D eigenvalue weighted by Gasteiger charge is -2.27. The molecule has 0 aliphatic heterocycles. The number of hydrogen-bond acceptors (Lipinski definition) is 5. The molecule has 1 aliphatic carbocycles. The van der Waals surface area contributed by atoms with Crippen LogP contribution in [0.5, 0.6) is 5.75 Å². The van der Waals surface area contributed by atoms with E-state index in [2.05, 4.69) is 17.0 Å². The van der Waals surface area contributed by atoms with Crippen LogP contribution in [0.3, 0.4) is 0 Å². The van der Waals surface area contributed by atoms with Gasteiger partial charge in [-0.3, -0.25) is 9.80 Å². The Morgan fingerprint density at radius 2 is 1.95 bits per heavy atom. The summed E-state index contributed by atoms with van der Waals surface area (Å²) in [6.07, 6.45) is -0.604. The first-order valence-corrected chi connectivity index (χ1v) is 12.5. The number of ether oxygens (including phenoxy) is 1. The number of nitrogens with one attached hydrogen (secondary N) is 1. The minimum atomic E-state index is -4.90. The molecular weight excluding hydrogens is 546 g/mol. The Morgan fingerprint density at radius 1 is 1.32 bits per heavy atom. The molecule has 12 heteroatoms. The summed E-state index contributed by atoms with van der Waals surface area (Å²) in [5.41, 5.74) is -0.986. The van der Waals surface area contributed by atoms with E-state index >= 15 is 0 Å². The third-order valence-electron chi connectivity index (χ3n) is 6.10. The molecule has 1 aromatic rings. The monoisotopic (exact) mass is 575 g/mol. The second-order valence-corrected chi connectivity index (χ2v) is 9.61. The van der Waals surface area contributed by atoms with Crippen LogP contribution in [0.2, 0.25) is 5.02 Å². The van der Waals surface area contributed by atoms with Gasteiger partial charge in [0.15, 0.2) is 11.9 Å². The molecule has 0 aromatic heterocycles. The van der Waals surface area contributed by atoms with Crippen LogP contribution in [-0.2, 0) is 15.5 Å². The number of hydrazone groups is 1. The maximum atomic E-state index is 14.0. The Labute approximate surface area is 229 Å². The summed E-state index contributed by atoms with van der Waals surface area (Å²) in [5.74, 6) is -3.14. The summed E-state index contributed by atoms with van der Waals surface area (Å²) in [6.45, 7) is 7.71. The molecule has 1 amide bonds. The van der Waals surface area contributed by atoms with Gasteiger partial charge in [-0.05, 0) is 56.9 Å². The largest absolute Gasteiger partial charge is 0.478 e. The zero-order valence-corrected chi connectivity index (χ0v) is 22.9. The zero-order valence-electron chi connectivity index (χ0n) is 21.4. The van der Waals surface area contributed by atoms with Gasteiger partial charge in [-0.25, -0.2) is 4.79 Å². The Kier molecular flexibility index (Phi) is 10.4. The molecule has 0 saturated heterocycles. The van der Waals surface area contributed by atoms with Gasteiger partial charge in [-0.1, -0.05) is 42.5 Å². The minimum absolute atomic E-state index is 0.0583. The number of benzene rings is 1. The molecule has 1 saturated carbocycles. The van der Waals surface area contributed by atoms with Gasteiger partial charge in [0.25, 0.3) is 0 Å². The smallest absolute Gasteiger partial charge is 0.431 e. The lowest BCUT2D eigenvalue weighted by Crippen LogP contribution is -2.46. The molecule has 2 rings (SSSR count). The first-order chi connectivity index (χ1) is 17.6. The number of amides is 1. The number of nitrogens with zero attached hydrogens (tertiary/aromatic N) is 2. The summed E-state index contributed by atoms with van der Waals surface area (Å²) in [4.78, 5) is 24.0. The fourth-order valence-electron chi connectivity index (χ4n) is 3.41. The second-order valence-electron chi connectivity index (χ2n) is 8.93. The number of hydrogen-bond donors (Lipinski definition) is 2. The standard InChI is InChI=1S/C26H30Cl2F3N3O4/c1-6-19(9-7-15(2)24(36)37)25(11-12-25)32-23(35)16(3)22(26(29,30)31)33-34(5)17(4)38-20-10-8-18(14-27)21(28)13-20/h6-10,13,16-17H,1,11-12,14H2,2-5H3,(H,32,35)(H,36,37)/b15-7+,19-9+,33-22+. The van der Waals surface area contributed by atoms with Crippen LogP contribution in [0.25, 0.3) is 0 Å². The van der Waals surface area contributed by atoms with Gasteiger partial charge in [0, 0.05) is 23.5 Å². The van der Waals surface area contributed by atoms with Crippen molar-refractivity contribution in [1.82, 2.24) is 10.3 Å². The van der Waals surface area contributed by atoms with E-state index in [1.54, 1.807) is 12.1 Å². The van der Waals surface area contributed by atoms with Crippen LogP contribution in [0.15, 0.2) is 59.3 Å². The van der Waals surface area contributed by atoms with E-state index < -0.39 is 41.4 Å². The number of carbonyl (C=O) groups excluding carboxylic acids is 1. The highest BCUT2D eigenvalue weighted by Crippen LogP contribution is 2.43. The van der Waals surface area contributed by atoms with Gasteiger partial charge < -0.3 is 15.2 Å². The lowest BCUT2D eigenvalue weighted by atomic mass is 9.99. The van der Waals surface area contributed by atoms with Crippen molar-refractivity contribution in [3.05, 3.63) is 64.7 Å².